The van der Waals surface area contributed by atoms with Crippen molar-refractivity contribution >= 4 is 17.4 Å². The fraction of sp³-hybridized carbons (Fsp3) is 0.200. The summed E-state index contributed by atoms with van der Waals surface area (Å²) in [6, 6.07) is 8.68. The van der Waals surface area contributed by atoms with Crippen molar-refractivity contribution in [2.45, 2.75) is 13.3 Å². The van der Waals surface area contributed by atoms with E-state index in [1.807, 2.05) is 6.92 Å². The molecule has 0 saturated carbocycles. The molecule has 0 unspecified atom stereocenters. The Bertz CT molecular complexity index is 567. The Morgan fingerprint density at radius 2 is 2.00 bits per heavy atom. The topological polar surface area (TPSA) is 39.2 Å². The van der Waals surface area contributed by atoms with Gasteiger partial charge in [0.25, 0.3) is 0 Å². The van der Waals surface area contributed by atoms with E-state index in [4.69, 9.17) is 16.3 Å². The van der Waals surface area contributed by atoms with Crippen LogP contribution in [0.4, 0.5) is 0 Å². The van der Waals surface area contributed by atoms with E-state index in [9.17, 15) is 4.79 Å². The maximum atomic E-state index is 12.2. The van der Waals surface area contributed by atoms with Crippen LogP contribution in [0.5, 0.6) is 5.75 Å². The molecule has 0 radical (unpaired) electrons. The second-order valence-electron chi connectivity index (χ2n) is 4.06. The third-order valence-corrected chi connectivity index (χ3v) is 2.91. The van der Waals surface area contributed by atoms with Crippen molar-refractivity contribution in [1.82, 2.24) is 4.98 Å². The van der Waals surface area contributed by atoms with Crippen LogP contribution in [0.1, 0.15) is 29.3 Å². The molecule has 0 aliphatic rings. The van der Waals surface area contributed by atoms with Gasteiger partial charge in [-0.3, -0.25) is 9.78 Å². The summed E-state index contributed by atoms with van der Waals surface area (Å²) in [4.78, 5) is 16.1. The maximum Gasteiger partial charge on any atom is 0.194 e. The zero-order chi connectivity index (χ0) is 13.7. The number of aromatic nitrogens is 1. The number of ketones is 1. The average Bonchev–Trinajstić information content (AvgIpc) is 2.45. The van der Waals surface area contributed by atoms with E-state index >= 15 is 0 Å². The van der Waals surface area contributed by atoms with Crippen LogP contribution in [0.3, 0.4) is 0 Å². The Kier molecular flexibility index (Phi) is 4.53. The van der Waals surface area contributed by atoms with Crippen molar-refractivity contribution < 1.29 is 9.53 Å². The molecule has 0 amide bonds. The van der Waals surface area contributed by atoms with Crippen LogP contribution in [0.25, 0.3) is 0 Å². The first-order valence-electron chi connectivity index (χ1n) is 6.09. The Hall–Kier alpha value is -1.87. The van der Waals surface area contributed by atoms with Gasteiger partial charge >= 0.3 is 0 Å². The molecule has 0 aliphatic carbocycles. The number of hydrogen-bond donors (Lipinski definition) is 0. The van der Waals surface area contributed by atoms with Crippen molar-refractivity contribution in [3.63, 3.8) is 0 Å². The minimum Gasteiger partial charge on any atom is -0.494 e. The van der Waals surface area contributed by atoms with Gasteiger partial charge in [-0.2, -0.15) is 0 Å². The fourth-order valence-corrected chi connectivity index (χ4v) is 1.84. The molecule has 0 spiro atoms. The molecule has 0 atom stereocenters. The van der Waals surface area contributed by atoms with Gasteiger partial charge in [0.1, 0.15) is 5.75 Å². The first-order chi connectivity index (χ1) is 9.22. The van der Waals surface area contributed by atoms with E-state index < -0.39 is 0 Å². The number of nitrogens with zero attached hydrogens (tertiary/aromatic N) is 1. The lowest BCUT2D eigenvalue weighted by molar-refractivity contribution is 0.103. The molecule has 0 saturated heterocycles. The normalized spacial score (nSPS) is 10.2. The van der Waals surface area contributed by atoms with Gasteiger partial charge in [0.2, 0.25) is 0 Å². The van der Waals surface area contributed by atoms with Gasteiger partial charge in [0.05, 0.1) is 11.6 Å². The van der Waals surface area contributed by atoms with Gasteiger partial charge in [-0.05, 0) is 36.8 Å². The molecular formula is C15H14ClNO2. The zero-order valence-electron chi connectivity index (χ0n) is 10.6. The second kappa shape index (κ2) is 6.34. The Morgan fingerprint density at radius 1 is 1.26 bits per heavy atom. The predicted molar refractivity (Wildman–Crippen MR) is 74.9 cm³/mol. The summed E-state index contributed by atoms with van der Waals surface area (Å²) >= 11 is 5.96. The van der Waals surface area contributed by atoms with Crippen molar-refractivity contribution in [3.8, 4) is 5.75 Å². The van der Waals surface area contributed by atoms with Gasteiger partial charge in [-0.25, -0.2) is 0 Å². The molecule has 0 bridgehead atoms. The minimum atomic E-state index is -0.116. The van der Waals surface area contributed by atoms with Crippen LogP contribution in [0.2, 0.25) is 5.02 Å². The second-order valence-corrected chi connectivity index (χ2v) is 4.46. The summed E-state index contributed by atoms with van der Waals surface area (Å²) in [7, 11) is 0. The van der Waals surface area contributed by atoms with E-state index in [1.165, 1.54) is 6.20 Å². The Labute approximate surface area is 117 Å². The molecule has 3 nitrogen and oxygen atoms in total. The Balaban J connectivity index is 2.18. The standard InChI is InChI=1S/C15H14ClNO2/c1-2-9-19-12-5-3-11(4-6-12)15(18)13-7-8-17-10-14(13)16/h3-8,10H,2,9H2,1H3. The predicted octanol–water partition coefficient (Wildman–Crippen LogP) is 3.75. The van der Waals surface area contributed by atoms with E-state index in [0.29, 0.717) is 22.8 Å². The number of halogens is 1. The van der Waals surface area contributed by atoms with E-state index in [2.05, 4.69) is 4.98 Å². The molecule has 0 N–H and O–H groups in total. The van der Waals surface area contributed by atoms with Crippen LogP contribution in [-0.2, 0) is 0 Å². The van der Waals surface area contributed by atoms with Crippen LogP contribution in [-0.4, -0.2) is 17.4 Å². The van der Waals surface area contributed by atoms with Crippen LogP contribution < -0.4 is 4.74 Å². The molecule has 19 heavy (non-hydrogen) atoms. The van der Waals surface area contributed by atoms with Crippen molar-refractivity contribution in [2.24, 2.45) is 0 Å². The quantitative estimate of drug-likeness (QED) is 0.780. The number of ether oxygens (including phenoxy) is 1. The highest BCUT2D eigenvalue weighted by atomic mass is 35.5. The van der Waals surface area contributed by atoms with Gasteiger partial charge < -0.3 is 4.74 Å². The summed E-state index contributed by atoms with van der Waals surface area (Å²) in [5, 5.41) is 0.360. The van der Waals surface area contributed by atoms with Gasteiger partial charge in [-0.1, -0.05) is 18.5 Å². The zero-order valence-corrected chi connectivity index (χ0v) is 11.4. The highest BCUT2D eigenvalue weighted by molar-refractivity contribution is 6.34. The fourth-order valence-electron chi connectivity index (χ4n) is 1.64. The van der Waals surface area contributed by atoms with Crippen LogP contribution >= 0.6 is 11.6 Å². The molecule has 1 aromatic heterocycles. The largest absolute Gasteiger partial charge is 0.494 e. The summed E-state index contributed by atoms with van der Waals surface area (Å²) < 4.78 is 5.47. The minimum absolute atomic E-state index is 0.116. The molecule has 98 valence electrons. The third kappa shape index (κ3) is 3.32. The first kappa shape index (κ1) is 13.6. The number of rotatable bonds is 5. The molecule has 0 aliphatic heterocycles. The van der Waals surface area contributed by atoms with E-state index in [0.717, 1.165) is 12.2 Å². The number of benzene rings is 1. The molecule has 2 aromatic rings. The molecule has 0 fully saturated rings. The van der Waals surface area contributed by atoms with Crippen molar-refractivity contribution in [1.29, 1.82) is 0 Å². The summed E-state index contributed by atoms with van der Waals surface area (Å²) in [5.74, 6) is 0.647. The lowest BCUT2D eigenvalue weighted by atomic mass is 10.0. The SMILES string of the molecule is CCCOc1ccc(C(=O)c2ccncc2Cl)cc1. The van der Waals surface area contributed by atoms with Crippen molar-refractivity contribution in [2.75, 3.05) is 6.61 Å². The molecular weight excluding hydrogens is 262 g/mol. The highest BCUT2D eigenvalue weighted by Crippen LogP contribution is 2.20. The molecule has 4 heteroatoms. The number of hydrogen-bond acceptors (Lipinski definition) is 3. The van der Waals surface area contributed by atoms with Gasteiger partial charge in [0.15, 0.2) is 5.78 Å². The number of carbonyl (C=O) groups excluding carboxylic acids is 1. The first-order valence-corrected chi connectivity index (χ1v) is 6.47. The lowest BCUT2D eigenvalue weighted by Gasteiger charge is -2.06. The summed E-state index contributed by atoms with van der Waals surface area (Å²) in [6.45, 7) is 2.72. The van der Waals surface area contributed by atoms with Crippen LogP contribution in [0, 0.1) is 0 Å². The summed E-state index contributed by atoms with van der Waals surface area (Å²) in [6.07, 6.45) is 3.97. The maximum absolute atomic E-state index is 12.2. The smallest absolute Gasteiger partial charge is 0.194 e. The molecule has 1 heterocycles. The average molecular weight is 276 g/mol. The van der Waals surface area contributed by atoms with E-state index in [1.54, 1.807) is 36.5 Å². The third-order valence-electron chi connectivity index (χ3n) is 2.61. The summed E-state index contributed by atoms with van der Waals surface area (Å²) in [5.41, 5.74) is 1.04. The van der Waals surface area contributed by atoms with Gasteiger partial charge in [0, 0.05) is 23.5 Å². The van der Waals surface area contributed by atoms with Crippen LogP contribution in [0.15, 0.2) is 42.7 Å². The highest BCUT2D eigenvalue weighted by Gasteiger charge is 2.12. The van der Waals surface area contributed by atoms with Crippen molar-refractivity contribution in [3.05, 3.63) is 58.9 Å². The van der Waals surface area contributed by atoms with Gasteiger partial charge in [-0.15, -0.1) is 0 Å². The number of carbonyl (C=O) groups is 1. The Morgan fingerprint density at radius 3 is 2.63 bits per heavy atom. The van der Waals surface area contributed by atoms with E-state index in [-0.39, 0.29) is 5.78 Å². The molecule has 1 aromatic carbocycles. The monoisotopic (exact) mass is 275 g/mol. The molecule has 2 rings (SSSR count). The lowest BCUT2D eigenvalue weighted by Crippen LogP contribution is -2.02. The number of pyridine rings is 1.